The molecular weight excluding hydrogens is 417 g/mol. The summed E-state index contributed by atoms with van der Waals surface area (Å²) in [6.07, 6.45) is -6.46. The number of benzene rings is 1. The summed E-state index contributed by atoms with van der Waals surface area (Å²) in [5, 5.41) is 7.97. The van der Waals surface area contributed by atoms with Crippen LogP contribution in [0.3, 0.4) is 0 Å². The van der Waals surface area contributed by atoms with E-state index in [4.69, 9.17) is 22.1 Å². The fourth-order valence-electron chi connectivity index (χ4n) is 2.70. The number of cyclic esters (lactones) is 1. The summed E-state index contributed by atoms with van der Waals surface area (Å²) in [6, 6.07) is 8.16. The Morgan fingerprint density at radius 3 is 2.48 bits per heavy atom. The largest absolute Gasteiger partial charge is 0.467 e. The Hall–Kier alpha value is -3.08. The van der Waals surface area contributed by atoms with Crippen LogP contribution in [0.1, 0.15) is 17.3 Å². The molecule has 0 radical (unpaired) electrons. The maximum Gasteiger partial charge on any atom is 0.422 e. The second kappa shape index (κ2) is 8.11. The highest BCUT2D eigenvalue weighted by molar-refractivity contribution is 6.30. The van der Waals surface area contributed by atoms with Crippen molar-refractivity contribution in [1.29, 1.82) is 0 Å². The third kappa shape index (κ3) is 5.05. The molecule has 2 amide bonds. The predicted octanol–water partition coefficient (Wildman–Crippen LogP) is 2.47. The monoisotopic (exact) mass is 430 g/mol. The third-order valence-corrected chi connectivity index (χ3v) is 4.23. The number of amides is 2. The second-order valence-corrected chi connectivity index (χ2v) is 6.52. The molecule has 0 saturated carbocycles. The summed E-state index contributed by atoms with van der Waals surface area (Å²) in [5.41, 5.74) is 5.99. The van der Waals surface area contributed by atoms with E-state index >= 15 is 0 Å². The van der Waals surface area contributed by atoms with Gasteiger partial charge >= 0.3 is 12.3 Å². The topological polar surface area (TPSA) is 108 Å². The number of hydrogen-bond donors (Lipinski definition) is 1. The summed E-state index contributed by atoms with van der Waals surface area (Å²) in [7, 11) is 0. The molecule has 29 heavy (non-hydrogen) atoms. The molecule has 0 spiro atoms. The second-order valence-electron chi connectivity index (χ2n) is 6.08. The molecule has 2 heterocycles. The molecule has 0 aliphatic carbocycles. The third-order valence-electron chi connectivity index (χ3n) is 3.98. The number of halogens is 4. The van der Waals surface area contributed by atoms with Crippen LogP contribution < -0.4 is 10.5 Å². The zero-order valence-electron chi connectivity index (χ0n) is 14.6. The Morgan fingerprint density at radius 1 is 1.28 bits per heavy atom. The van der Waals surface area contributed by atoms with Crippen LogP contribution in [0.25, 0.3) is 0 Å². The van der Waals surface area contributed by atoms with Crippen molar-refractivity contribution in [3.63, 3.8) is 0 Å². The van der Waals surface area contributed by atoms with Gasteiger partial charge in [0.05, 0.1) is 12.2 Å². The van der Waals surface area contributed by atoms with E-state index in [1.807, 2.05) is 0 Å². The van der Waals surface area contributed by atoms with Crippen molar-refractivity contribution in [2.75, 3.05) is 13.2 Å². The van der Waals surface area contributed by atoms with Gasteiger partial charge in [0, 0.05) is 11.1 Å². The molecule has 2 N–H and O–H groups in total. The van der Waals surface area contributed by atoms with Crippen molar-refractivity contribution in [3.05, 3.63) is 52.7 Å². The highest BCUT2D eigenvalue weighted by atomic mass is 35.5. The van der Waals surface area contributed by atoms with E-state index in [-0.39, 0.29) is 18.1 Å². The molecule has 1 fully saturated rings. The summed E-state index contributed by atoms with van der Waals surface area (Å²) < 4.78 is 46.3. The number of rotatable bonds is 6. The normalized spacial score (nSPS) is 17.7. The molecule has 1 aliphatic heterocycles. The minimum absolute atomic E-state index is 0.129. The van der Waals surface area contributed by atoms with Gasteiger partial charge in [-0.1, -0.05) is 23.7 Å². The highest BCUT2D eigenvalue weighted by Crippen LogP contribution is 2.32. The number of alkyl halides is 3. The van der Waals surface area contributed by atoms with Crippen LogP contribution in [-0.2, 0) is 9.53 Å². The zero-order valence-corrected chi connectivity index (χ0v) is 15.4. The van der Waals surface area contributed by atoms with Gasteiger partial charge in [0.25, 0.3) is 5.91 Å². The number of aromatic nitrogens is 2. The van der Waals surface area contributed by atoms with Crippen LogP contribution in [0.4, 0.5) is 18.0 Å². The van der Waals surface area contributed by atoms with E-state index in [0.29, 0.717) is 10.6 Å². The Morgan fingerprint density at radius 2 is 1.97 bits per heavy atom. The van der Waals surface area contributed by atoms with Gasteiger partial charge in [-0.05, 0) is 23.8 Å². The SMILES string of the molecule is NC(=O)C1CN([C@H](c2ccc(Cl)cc2)c2ccc(OCC(F)(F)F)nn2)C(=O)O1. The lowest BCUT2D eigenvalue weighted by Crippen LogP contribution is -2.35. The molecule has 1 aliphatic rings. The maximum absolute atomic E-state index is 12.3. The summed E-state index contributed by atoms with van der Waals surface area (Å²) in [6.45, 7) is -1.64. The van der Waals surface area contributed by atoms with Crippen molar-refractivity contribution in [1.82, 2.24) is 15.1 Å². The molecule has 1 aromatic carbocycles. The molecule has 2 aromatic rings. The lowest BCUT2D eigenvalue weighted by Gasteiger charge is -2.25. The summed E-state index contributed by atoms with van der Waals surface area (Å²) in [4.78, 5) is 24.9. The average molecular weight is 431 g/mol. The first-order valence-electron chi connectivity index (χ1n) is 8.19. The van der Waals surface area contributed by atoms with Gasteiger partial charge < -0.3 is 15.2 Å². The zero-order chi connectivity index (χ0) is 21.2. The summed E-state index contributed by atoms with van der Waals surface area (Å²) in [5.74, 6) is -1.14. The first-order valence-corrected chi connectivity index (χ1v) is 8.57. The molecule has 8 nitrogen and oxygen atoms in total. The number of carbonyl (C=O) groups excluding carboxylic acids is 2. The summed E-state index contributed by atoms with van der Waals surface area (Å²) >= 11 is 5.90. The number of primary amides is 1. The smallest absolute Gasteiger partial charge is 0.422 e. The van der Waals surface area contributed by atoms with E-state index in [0.717, 1.165) is 0 Å². The van der Waals surface area contributed by atoms with Crippen LogP contribution in [0.5, 0.6) is 5.88 Å². The van der Waals surface area contributed by atoms with Gasteiger partial charge in [0.15, 0.2) is 12.7 Å². The van der Waals surface area contributed by atoms with E-state index < -0.39 is 36.9 Å². The van der Waals surface area contributed by atoms with E-state index in [9.17, 15) is 22.8 Å². The maximum atomic E-state index is 12.3. The fraction of sp³-hybridized carbons (Fsp3) is 0.294. The standard InChI is InChI=1S/C17H14ClF3N4O4/c18-10-3-1-9(2-4-10)14(25-7-12(15(22)26)29-16(25)27)11-5-6-13(24-23-11)28-8-17(19,20)21/h1-6,12,14H,7-8H2,(H2,22,26)/t12?,14-/m1/s1. The Bertz CT molecular complexity index is 893. The Labute approximate surface area is 167 Å². The predicted molar refractivity (Wildman–Crippen MR) is 93.0 cm³/mol. The number of ether oxygens (including phenoxy) is 2. The van der Waals surface area contributed by atoms with Gasteiger partial charge in [-0.3, -0.25) is 9.69 Å². The Kier molecular flexibility index (Phi) is 5.78. The minimum Gasteiger partial charge on any atom is -0.467 e. The number of hydrogen-bond acceptors (Lipinski definition) is 6. The fourth-order valence-corrected chi connectivity index (χ4v) is 2.83. The number of nitrogens with two attached hydrogens (primary N) is 1. The first-order chi connectivity index (χ1) is 13.6. The Balaban J connectivity index is 1.90. The molecule has 1 saturated heterocycles. The molecule has 0 bridgehead atoms. The first kappa shape index (κ1) is 20.6. The molecule has 12 heteroatoms. The quantitative estimate of drug-likeness (QED) is 0.754. The number of nitrogens with zero attached hydrogens (tertiary/aromatic N) is 3. The molecule has 3 rings (SSSR count). The van der Waals surface area contributed by atoms with Gasteiger partial charge in [0.1, 0.15) is 6.04 Å². The molecule has 1 aromatic heterocycles. The van der Waals surface area contributed by atoms with Crippen molar-refractivity contribution in [3.8, 4) is 5.88 Å². The van der Waals surface area contributed by atoms with Crippen LogP contribution in [0, 0.1) is 0 Å². The van der Waals surface area contributed by atoms with Crippen molar-refractivity contribution >= 4 is 23.6 Å². The van der Waals surface area contributed by atoms with Crippen molar-refractivity contribution in [2.45, 2.75) is 18.3 Å². The van der Waals surface area contributed by atoms with Crippen molar-refractivity contribution < 1.29 is 32.2 Å². The van der Waals surface area contributed by atoms with Crippen LogP contribution in [-0.4, -0.2) is 52.5 Å². The lowest BCUT2D eigenvalue weighted by molar-refractivity contribution is -0.154. The molecule has 154 valence electrons. The van der Waals surface area contributed by atoms with Gasteiger partial charge in [-0.15, -0.1) is 10.2 Å². The average Bonchev–Trinajstić information content (AvgIpc) is 3.04. The van der Waals surface area contributed by atoms with Gasteiger partial charge in [-0.25, -0.2) is 4.79 Å². The van der Waals surface area contributed by atoms with Crippen LogP contribution >= 0.6 is 11.6 Å². The van der Waals surface area contributed by atoms with Gasteiger partial charge in [0.2, 0.25) is 5.88 Å². The van der Waals surface area contributed by atoms with E-state index in [1.54, 1.807) is 24.3 Å². The molecule has 2 atom stereocenters. The number of carbonyl (C=O) groups is 2. The lowest BCUT2D eigenvalue weighted by atomic mass is 10.0. The van der Waals surface area contributed by atoms with E-state index in [2.05, 4.69) is 14.9 Å². The van der Waals surface area contributed by atoms with Crippen molar-refractivity contribution in [2.24, 2.45) is 5.73 Å². The highest BCUT2D eigenvalue weighted by Gasteiger charge is 2.40. The van der Waals surface area contributed by atoms with E-state index in [1.165, 1.54) is 17.0 Å². The molecular formula is C17H14ClF3N4O4. The van der Waals surface area contributed by atoms with Crippen LogP contribution in [0.15, 0.2) is 36.4 Å². The van der Waals surface area contributed by atoms with Crippen LogP contribution in [0.2, 0.25) is 5.02 Å². The van der Waals surface area contributed by atoms with Gasteiger partial charge in [-0.2, -0.15) is 13.2 Å². The minimum atomic E-state index is -4.52. The molecule has 1 unspecified atom stereocenters.